The van der Waals surface area contributed by atoms with E-state index in [2.05, 4.69) is 0 Å². The van der Waals surface area contributed by atoms with Crippen LogP contribution in [-0.4, -0.2) is 60.4 Å². The highest BCUT2D eigenvalue weighted by molar-refractivity contribution is 5.10. The Morgan fingerprint density at radius 2 is 1.08 bits per heavy atom. The molecule has 2 aliphatic heterocycles. The largest absolute Gasteiger partial charge is 0.387 e. The van der Waals surface area contributed by atoms with Crippen molar-refractivity contribution in [3.63, 3.8) is 0 Å². The lowest BCUT2D eigenvalue weighted by molar-refractivity contribution is -0.225. The molecule has 6 atom stereocenters. The van der Waals surface area contributed by atoms with Crippen LogP contribution in [0.25, 0.3) is 0 Å². The molecule has 25 heavy (non-hydrogen) atoms. The van der Waals surface area contributed by atoms with Crippen LogP contribution in [0.1, 0.15) is 64.2 Å². The fraction of sp³-hybridized carbons (Fsp3) is 1.00. The molecule has 5 aliphatic rings. The van der Waals surface area contributed by atoms with Crippen molar-refractivity contribution in [1.82, 2.24) is 0 Å². The van der Waals surface area contributed by atoms with E-state index < -0.39 is 29.9 Å². The van der Waals surface area contributed by atoms with Crippen LogP contribution in [0.15, 0.2) is 0 Å². The van der Waals surface area contributed by atoms with E-state index in [1.54, 1.807) is 7.11 Å². The lowest BCUT2D eigenvalue weighted by Gasteiger charge is -2.39. The van der Waals surface area contributed by atoms with Gasteiger partial charge < -0.3 is 28.8 Å². The minimum Gasteiger partial charge on any atom is -0.387 e. The molecule has 0 bridgehead atoms. The maximum Gasteiger partial charge on any atom is 0.169 e. The third kappa shape index (κ3) is 2.60. The molecule has 0 aromatic rings. The van der Waals surface area contributed by atoms with Crippen LogP contribution in [-0.2, 0) is 23.7 Å². The fourth-order valence-electron chi connectivity index (χ4n) is 5.65. The molecule has 2 saturated heterocycles. The number of hydrogen-bond donors (Lipinski definition) is 1. The number of ether oxygens (including phenoxy) is 5. The van der Waals surface area contributed by atoms with Crippen LogP contribution in [0.3, 0.4) is 0 Å². The highest BCUT2D eigenvalue weighted by atomic mass is 16.8. The van der Waals surface area contributed by atoms with E-state index in [1.807, 2.05) is 0 Å². The fourth-order valence-corrected chi connectivity index (χ4v) is 5.65. The van der Waals surface area contributed by atoms with E-state index in [0.29, 0.717) is 0 Å². The Labute approximate surface area is 149 Å². The second kappa shape index (κ2) is 6.14. The maximum atomic E-state index is 11.0. The SMILES string of the molecule is CO[C@@H]1[C@H]2OC3(CCCCC3)O[C@H]2[C@@H](O)[C@@H]2OC3(CCCCC3)O[C@@H]12. The molecule has 5 rings (SSSR count). The van der Waals surface area contributed by atoms with Gasteiger partial charge in [-0.25, -0.2) is 0 Å². The molecule has 2 heterocycles. The first-order valence-electron chi connectivity index (χ1n) is 10.1. The van der Waals surface area contributed by atoms with Gasteiger partial charge >= 0.3 is 0 Å². The van der Waals surface area contributed by atoms with Crippen molar-refractivity contribution in [3.05, 3.63) is 0 Å². The van der Waals surface area contributed by atoms with Crippen molar-refractivity contribution in [2.75, 3.05) is 7.11 Å². The third-order valence-electron chi connectivity index (χ3n) is 6.87. The van der Waals surface area contributed by atoms with Crippen molar-refractivity contribution in [1.29, 1.82) is 0 Å². The Balaban J connectivity index is 1.40. The summed E-state index contributed by atoms with van der Waals surface area (Å²) in [5.74, 6) is -1.10. The Kier molecular flexibility index (Phi) is 4.15. The van der Waals surface area contributed by atoms with E-state index >= 15 is 0 Å². The van der Waals surface area contributed by atoms with Crippen LogP contribution in [0, 0.1) is 0 Å². The van der Waals surface area contributed by atoms with Crippen LogP contribution >= 0.6 is 0 Å². The number of fused-ring (bicyclic) bond motifs is 2. The summed E-state index contributed by atoms with van der Waals surface area (Å²) in [6.45, 7) is 0. The van der Waals surface area contributed by atoms with Crippen LogP contribution in [0.2, 0.25) is 0 Å². The highest BCUT2D eigenvalue weighted by Gasteiger charge is 2.65. The number of aliphatic hydroxyl groups excluding tert-OH is 1. The summed E-state index contributed by atoms with van der Waals surface area (Å²) in [5, 5.41) is 11.0. The molecule has 5 fully saturated rings. The molecule has 3 aliphatic carbocycles. The predicted octanol–water partition coefficient (Wildman–Crippen LogP) is 2.26. The summed E-state index contributed by atoms with van der Waals surface area (Å²) < 4.78 is 31.3. The first kappa shape index (κ1) is 16.9. The summed E-state index contributed by atoms with van der Waals surface area (Å²) >= 11 is 0. The zero-order valence-corrected chi connectivity index (χ0v) is 15.0. The molecule has 6 nitrogen and oxygen atoms in total. The van der Waals surface area contributed by atoms with Crippen molar-refractivity contribution in [2.24, 2.45) is 0 Å². The molecular weight excluding hydrogens is 324 g/mol. The minimum atomic E-state index is -0.732. The second-order valence-corrected chi connectivity index (χ2v) is 8.46. The molecule has 0 unspecified atom stereocenters. The number of rotatable bonds is 1. The summed E-state index contributed by atoms with van der Waals surface area (Å²) in [6.07, 6.45) is 8.08. The second-order valence-electron chi connectivity index (χ2n) is 8.46. The van der Waals surface area contributed by atoms with Crippen LogP contribution in [0.4, 0.5) is 0 Å². The zero-order chi connectivity index (χ0) is 17.1. The summed E-state index contributed by atoms with van der Waals surface area (Å²) in [5.41, 5.74) is 0. The average molecular weight is 354 g/mol. The van der Waals surface area contributed by atoms with Crippen molar-refractivity contribution in [2.45, 2.75) is 112 Å². The number of methoxy groups -OCH3 is 1. The molecule has 0 amide bonds. The predicted molar refractivity (Wildman–Crippen MR) is 87.9 cm³/mol. The van der Waals surface area contributed by atoms with Gasteiger partial charge in [-0.3, -0.25) is 0 Å². The van der Waals surface area contributed by atoms with Gasteiger partial charge in [0.2, 0.25) is 0 Å². The Morgan fingerprint density at radius 3 is 1.48 bits per heavy atom. The number of aliphatic hydroxyl groups is 1. The summed E-state index contributed by atoms with van der Waals surface area (Å²) in [4.78, 5) is 0. The van der Waals surface area contributed by atoms with Gasteiger partial charge in [-0.2, -0.15) is 0 Å². The average Bonchev–Trinajstić information content (AvgIpc) is 3.17. The highest BCUT2D eigenvalue weighted by Crippen LogP contribution is 2.51. The van der Waals surface area contributed by atoms with Crippen LogP contribution < -0.4 is 0 Å². The first-order chi connectivity index (χ1) is 12.2. The van der Waals surface area contributed by atoms with Gasteiger partial charge in [-0.05, 0) is 25.7 Å². The van der Waals surface area contributed by atoms with Gasteiger partial charge in [0.15, 0.2) is 11.6 Å². The van der Waals surface area contributed by atoms with E-state index in [-0.39, 0.29) is 18.3 Å². The summed E-state index contributed by atoms with van der Waals surface area (Å²) in [7, 11) is 1.70. The molecule has 6 heteroatoms. The summed E-state index contributed by atoms with van der Waals surface area (Å²) in [6, 6.07) is 0. The minimum absolute atomic E-state index is 0.263. The molecule has 0 aromatic carbocycles. The normalized spacial score (nSPS) is 47.8. The topological polar surface area (TPSA) is 66.4 Å². The van der Waals surface area contributed by atoms with E-state index in [4.69, 9.17) is 23.7 Å². The van der Waals surface area contributed by atoms with Gasteiger partial charge in [0, 0.05) is 32.8 Å². The Morgan fingerprint density at radius 1 is 0.680 bits per heavy atom. The molecule has 1 N–H and O–H groups in total. The quantitative estimate of drug-likeness (QED) is 0.779. The van der Waals surface area contributed by atoms with Gasteiger partial charge in [0.05, 0.1) is 0 Å². The first-order valence-corrected chi connectivity index (χ1v) is 10.1. The Bertz CT molecular complexity index is 456. The maximum absolute atomic E-state index is 11.0. The lowest BCUT2D eigenvalue weighted by Crippen LogP contribution is -2.62. The van der Waals surface area contributed by atoms with Crippen LogP contribution in [0.5, 0.6) is 0 Å². The lowest BCUT2D eigenvalue weighted by atomic mass is 9.85. The molecule has 2 spiro atoms. The molecular formula is C19H30O6. The van der Waals surface area contributed by atoms with Crippen molar-refractivity contribution < 1.29 is 28.8 Å². The molecule has 3 saturated carbocycles. The smallest absolute Gasteiger partial charge is 0.169 e. The van der Waals surface area contributed by atoms with Gasteiger partial charge in [0.25, 0.3) is 0 Å². The van der Waals surface area contributed by atoms with Gasteiger partial charge in [0.1, 0.15) is 36.6 Å². The third-order valence-corrected chi connectivity index (χ3v) is 6.87. The van der Waals surface area contributed by atoms with Crippen molar-refractivity contribution in [3.8, 4) is 0 Å². The monoisotopic (exact) mass is 354 g/mol. The van der Waals surface area contributed by atoms with E-state index in [1.165, 1.54) is 12.8 Å². The molecule has 142 valence electrons. The van der Waals surface area contributed by atoms with Gasteiger partial charge in [-0.1, -0.05) is 12.8 Å². The molecule has 0 radical (unpaired) electrons. The van der Waals surface area contributed by atoms with Crippen molar-refractivity contribution >= 4 is 0 Å². The molecule has 0 aromatic heterocycles. The van der Waals surface area contributed by atoms with E-state index in [0.717, 1.165) is 51.4 Å². The number of hydrogen-bond acceptors (Lipinski definition) is 6. The van der Waals surface area contributed by atoms with E-state index in [9.17, 15) is 5.11 Å². The zero-order valence-electron chi connectivity index (χ0n) is 15.0. The van der Waals surface area contributed by atoms with Gasteiger partial charge in [-0.15, -0.1) is 0 Å². The standard InChI is InChI=1S/C19H30O6/c1-21-15-16-13(22-18(24-16)8-4-2-5-9-18)12(20)14-17(15)25-19(23-14)10-6-3-7-11-19/h12-17,20H,2-11H2,1H3/t12-,13-,14-,15-,16+,17-/m0/s1. The Hall–Kier alpha value is -0.240.